The Balaban J connectivity index is 2.69. The topological polar surface area (TPSA) is 38.5 Å². The highest BCUT2D eigenvalue weighted by Crippen LogP contribution is 2.33. The summed E-state index contributed by atoms with van der Waals surface area (Å²) in [4.78, 5) is 2.65. The minimum Gasteiger partial charge on any atom is -0.383 e. The first-order valence-electron chi connectivity index (χ1n) is 8.05. The van der Waals surface area contributed by atoms with Crippen LogP contribution in [0, 0.1) is 17.8 Å². The fraction of sp³-hybridized carbons (Fsp3) is 1.00. The van der Waals surface area contributed by atoms with E-state index in [0.29, 0.717) is 17.9 Å². The monoisotopic (exact) mass is 270 g/mol. The normalized spacial score (nSPS) is 28.3. The van der Waals surface area contributed by atoms with Crippen LogP contribution in [0.1, 0.15) is 46.5 Å². The summed E-state index contributed by atoms with van der Waals surface area (Å²) < 4.78 is 5.29. The molecule has 19 heavy (non-hydrogen) atoms. The first-order chi connectivity index (χ1) is 9.12. The van der Waals surface area contributed by atoms with Gasteiger partial charge in [-0.2, -0.15) is 0 Å². The van der Waals surface area contributed by atoms with Gasteiger partial charge in [-0.1, -0.05) is 33.6 Å². The number of rotatable bonds is 8. The standard InChI is InChI=1S/C16H34N2O/c1-5-14-6-7-15(11-17)16(10-14)18(8-9-19-4)12-13(2)3/h13-16H,5-12,17H2,1-4H3. The molecule has 0 aliphatic heterocycles. The van der Waals surface area contributed by atoms with Gasteiger partial charge in [-0.3, -0.25) is 4.90 Å². The van der Waals surface area contributed by atoms with E-state index in [9.17, 15) is 0 Å². The summed E-state index contributed by atoms with van der Waals surface area (Å²) in [6.45, 7) is 10.8. The predicted octanol–water partition coefficient (Wildman–Crippen LogP) is 2.74. The van der Waals surface area contributed by atoms with Crippen molar-refractivity contribution in [1.82, 2.24) is 4.90 Å². The molecule has 0 bridgehead atoms. The molecule has 1 fully saturated rings. The lowest BCUT2D eigenvalue weighted by molar-refractivity contribution is 0.0480. The smallest absolute Gasteiger partial charge is 0.0589 e. The van der Waals surface area contributed by atoms with Crippen molar-refractivity contribution in [2.24, 2.45) is 23.5 Å². The number of methoxy groups -OCH3 is 1. The Labute approximate surface area is 119 Å². The van der Waals surface area contributed by atoms with Crippen LogP contribution in [0.3, 0.4) is 0 Å². The third-order valence-corrected chi connectivity index (χ3v) is 4.60. The average molecular weight is 270 g/mol. The molecule has 0 amide bonds. The van der Waals surface area contributed by atoms with Crippen molar-refractivity contribution in [3.8, 4) is 0 Å². The Bertz CT molecular complexity index is 233. The lowest BCUT2D eigenvalue weighted by Crippen LogP contribution is -2.49. The second-order valence-corrected chi connectivity index (χ2v) is 6.53. The summed E-state index contributed by atoms with van der Waals surface area (Å²) in [5.41, 5.74) is 6.02. The SMILES string of the molecule is CCC1CCC(CN)C(N(CCOC)CC(C)C)C1. The summed E-state index contributed by atoms with van der Waals surface area (Å²) >= 11 is 0. The van der Waals surface area contributed by atoms with Crippen LogP contribution in [0.25, 0.3) is 0 Å². The molecule has 114 valence electrons. The van der Waals surface area contributed by atoms with E-state index in [1.807, 2.05) is 0 Å². The molecule has 0 heterocycles. The minimum atomic E-state index is 0.668. The largest absolute Gasteiger partial charge is 0.383 e. The summed E-state index contributed by atoms with van der Waals surface area (Å²) in [5.74, 6) is 2.28. The molecule has 1 aliphatic carbocycles. The molecular weight excluding hydrogens is 236 g/mol. The van der Waals surface area contributed by atoms with Gasteiger partial charge >= 0.3 is 0 Å². The number of nitrogens with zero attached hydrogens (tertiary/aromatic N) is 1. The van der Waals surface area contributed by atoms with Crippen molar-refractivity contribution in [1.29, 1.82) is 0 Å². The van der Waals surface area contributed by atoms with Gasteiger partial charge in [-0.25, -0.2) is 0 Å². The molecule has 0 spiro atoms. The van der Waals surface area contributed by atoms with E-state index < -0.39 is 0 Å². The van der Waals surface area contributed by atoms with Gasteiger partial charge in [0.2, 0.25) is 0 Å². The zero-order valence-electron chi connectivity index (χ0n) is 13.4. The minimum absolute atomic E-state index is 0.668. The maximum absolute atomic E-state index is 6.02. The van der Waals surface area contributed by atoms with Gasteiger partial charge in [0.05, 0.1) is 6.61 Å². The van der Waals surface area contributed by atoms with Crippen molar-refractivity contribution >= 4 is 0 Å². The van der Waals surface area contributed by atoms with Crippen molar-refractivity contribution in [3.05, 3.63) is 0 Å². The second-order valence-electron chi connectivity index (χ2n) is 6.53. The lowest BCUT2D eigenvalue weighted by Gasteiger charge is -2.43. The van der Waals surface area contributed by atoms with Crippen LogP contribution >= 0.6 is 0 Å². The second kappa shape index (κ2) is 8.93. The van der Waals surface area contributed by atoms with E-state index in [1.54, 1.807) is 7.11 Å². The van der Waals surface area contributed by atoms with E-state index in [-0.39, 0.29) is 0 Å². The van der Waals surface area contributed by atoms with Crippen LogP contribution in [0.5, 0.6) is 0 Å². The molecule has 0 aromatic rings. The molecule has 3 nitrogen and oxygen atoms in total. The summed E-state index contributed by atoms with van der Waals surface area (Å²) in [5, 5.41) is 0. The molecule has 2 N–H and O–H groups in total. The van der Waals surface area contributed by atoms with E-state index >= 15 is 0 Å². The molecule has 1 saturated carbocycles. The lowest BCUT2D eigenvalue weighted by atomic mass is 9.76. The van der Waals surface area contributed by atoms with Crippen molar-refractivity contribution < 1.29 is 4.74 Å². The summed E-state index contributed by atoms with van der Waals surface area (Å²) in [7, 11) is 1.80. The van der Waals surface area contributed by atoms with Gasteiger partial charge < -0.3 is 10.5 Å². The molecule has 0 radical (unpaired) electrons. The Morgan fingerprint density at radius 3 is 2.58 bits per heavy atom. The molecule has 3 heteroatoms. The summed E-state index contributed by atoms with van der Waals surface area (Å²) in [6.07, 6.45) is 5.32. The molecule has 3 unspecified atom stereocenters. The highest BCUT2D eigenvalue weighted by atomic mass is 16.5. The van der Waals surface area contributed by atoms with Gasteiger partial charge in [-0.15, -0.1) is 0 Å². The van der Waals surface area contributed by atoms with Gasteiger partial charge in [0.1, 0.15) is 0 Å². The van der Waals surface area contributed by atoms with Crippen LogP contribution in [0.2, 0.25) is 0 Å². The third-order valence-electron chi connectivity index (χ3n) is 4.60. The van der Waals surface area contributed by atoms with Gasteiger partial charge in [0, 0.05) is 26.2 Å². The zero-order valence-corrected chi connectivity index (χ0v) is 13.4. The maximum atomic E-state index is 6.02. The van der Waals surface area contributed by atoms with Crippen LogP contribution in [-0.4, -0.2) is 44.3 Å². The van der Waals surface area contributed by atoms with Gasteiger partial charge in [-0.05, 0) is 37.1 Å². The molecule has 0 aromatic heterocycles. The number of ether oxygens (including phenoxy) is 1. The quantitative estimate of drug-likeness (QED) is 0.737. The van der Waals surface area contributed by atoms with Crippen LogP contribution < -0.4 is 5.73 Å². The van der Waals surface area contributed by atoms with E-state index in [2.05, 4.69) is 25.7 Å². The number of hydrogen-bond acceptors (Lipinski definition) is 3. The van der Waals surface area contributed by atoms with Crippen LogP contribution in [-0.2, 0) is 4.74 Å². The van der Waals surface area contributed by atoms with Gasteiger partial charge in [0.15, 0.2) is 0 Å². The Morgan fingerprint density at radius 1 is 1.32 bits per heavy atom. The highest BCUT2D eigenvalue weighted by molar-refractivity contribution is 4.87. The molecule has 3 atom stereocenters. The third kappa shape index (κ3) is 5.41. The van der Waals surface area contributed by atoms with Crippen LogP contribution in [0.4, 0.5) is 0 Å². The summed E-state index contributed by atoms with van der Waals surface area (Å²) in [6, 6.07) is 0.668. The first kappa shape index (κ1) is 16.9. The number of hydrogen-bond donors (Lipinski definition) is 1. The highest BCUT2D eigenvalue weighted by Gasteiger charge is 2.33. The van der Waals surface area contributed by atoms with Crippen LogP contribution in [0.15, 0.2) is 0 Å². The molecule has 1 aliphatic rings. The Kier molecular flexibility index (Phi) is 7.96. The predicted molar refractivity (Wildman–Crippen MR) is 82.3 cm³/mol. The molecule has 0 saturated heterocycles. The Morgan fingerprint density at radius 2 is 2.05 bits per heavy atom. The zero-order chi connectivity index (χ0) is 14.3. The molecular formula is C16H34N2O. The fourth-order valence-corrected chi connectivity index (χ4v) is 3.46. The van der Waals surface area contributed by atoms with E-state index in [4.69, 9.17) is 10.5 Å². The first-order valence-corrected chi connectivity index (χ1v) is 8.05. The Hall–Kier alpha value is -0.120. The maximum Gasteiger partial charge on any atom is 0.0589 e. The fourth-order valence-electron chi connectivity index (χ4n) is 3.46. The van der Waals surface area contributed by atoms with E-state index in [1.165, 1.54) is 32.2 Å². The van der Waals surface area contributed by atoms with Gasteiger partial charge in [0.25, 0.3) is 0 Å². The molecule has 1 rings (SSSR count). The van der Waals surface area contributed by atoms with Crippen molar-refractivity contribution in [3.63, 3.8) is 0 Å². The van der Waals surface area contributed by atoms with E-state index in [0.717, 1.165) is 25.6 Å². The average Bonchev–Trinajstić information content (AvgIpc) is 2.42. The molecule has 0 aromatic carbocycles. The van der Waals surface area contributed by atoms with Crippen molar-refractivity contribution in [2.45, 2.75) is 52.5 Å². The van der Waals surface area contributed by atoms with Crippen molar-refractivity contribution in [2.75, 3.05) is 33.4 Å². The number of nitrogens with two attached hydrogens (primary N) is 1.